The Bertz CT molecular complexity index is 549. The second-order valence-corrected chi connectivity index (χ2v) is 4.07. The Balaban J connectivity index is 2.82. The molecule has 0 bridgehead atoms. The normalized spacial score (nSPS) is 11.0. The van der Waals surface area contributed by atoms with Gasteiger partial charge in [-0.25, -0.2) is 8.78 Å². The lowest BCUT2D eigenvalue weighted by Gasteiger charge is -2.16. The van der Waals surface area contributed by atoms with Gasteiger partial charge in [-0.1, -0.05) is 24.0 Å². The van der Waals surface area contributed by atoms with Crippen LogP contribution < -0.4 is 5.32 Å². The molecule has 114 valence electrons. The van der Waals surface area contributed by atoms with Crippen LogP contribution in [-0.4, -0.2) is 36.5 Å². The minimum Gasteiger partial charge on any atom is -0.395 e. The van der Waals surface area contributed by atoms with Gasteiger partial charge in [0.05, 0.1) is 18.7 Å². The number of aliphatic hydroxyl groups excluding tert-OH is 1. The number of alkyl halides is 4. The fourth-order valence-electron chi connectivity index (χ4n) is 1.37. The Kier molecular flexibility index (Phi) is 6.18. The summed E-state index contributed by atoms with van der Waals surface area (Å²) in [4.78, 5) is 11.8. The number of hydrogen-bond acceptors (Lipinski definition) is 2. The number of rotatable bonds is 5. The van der Waals surface area contributed by atoms with Crippen molar-refractivity contribution in [1.29, 1.82) is 0 Å². The zero-order valence-electron chi connectivity index (χ0n) is 10.9. The lowest BCUT2D eigenvalue weighted by molar-refractivity contribution is -0.123. The standard InChI is InChI=1S/C14H13F4NO2/c15-13(16)14(17,18)9-19-12(21)11-7-2-1-5-10(11)6-3-4-8-20/h1-2,5,7,13,20H,4,8-9H2,(H,19,21). The maximum atomic E-state index is 12.8. The maximum Gasteiger partial charge on any atom is 0.324 e. The average Bonchev–Trinajstić information content (AvgIpc) is 2.45. The van der Waals surface area contributed by atoms with E-state index < -0.39 is 24.8 Å². The van der Waals surface area contributed by atoms with Gasteiger partial charge in [0.15, 0.2) is 0 Å². The van der Waals surface area contributed by atoms with Gasteiger partial charge in [-0.3, -0.25) is 4.79 Å². The van der Waals surface area contributed by atoms with Crippen LogP contribution in [-0.2, 0) is 0 Å². The van der Waals surface area contributed by atoms with Crippen molar-refractivity contribution in [3.63, 3.8) is 0 Å². The average molecular weight is 303 g/mol. The molecule has 0 unspecified atom stereocenters. The van der Waals surface area contributed by atoms with Gasteiger partial charge in [0, 0.05) is 12.0 Å². The van der Waals surface area contributed by atoms with Crippen LogP contribution in [0.1, 0.15) is 22.3 Å². The minimum absolute atomic E-state index is 0.00741. The summed E-state index contributed by atoms with van der Waals surface area (Å²) in [5, 5.41) is 10.4. The molecule has 0 atom stereocenters. The van der Waals surface area contributed by atoms with Crippen molar-refractivity contribution in [3.8, 4) is 11.8 Å². The number of benzene rings is 1. The van der Waals surface area contributed by atoms with Crippen LogP contribution in [0.25, 0.3) is 0 Å². The van der Waals surface area contributed by atoms with E-state index in [-0.39, 0.29) is 24.2 Å². The first kappa shape index (κ1) is 17.0. The molecule has 7 heteroatoms. The van der Waals surface area contributed by atoms with Gasteiger partial charge in [-0.2, -0.15) is 8.78 Å². The topological polar surface area (TPSA) is 49.3 Å². The van der Waals surface area contributed by atoms with Gasteiger partial charge in [0.1, 0.15) is 0 Å². The predicted molar refractivity (Wildman–Crippen MR) is 68.3 cm³/mol. The molecule has 0 aliphatic heterocycles. The van der Waals surface area contributed by atoms with Crippen LogP contribution in [0, 0.1) is 11.8 Å². The van der Waals surface area contributed by atoms with Gasteiger partial charge < -0.3 is 10.4 Å². The molecule has 1 aromatic rings. The number of aliphatic hydroxyl groups is 1. The minimum atomic E-state index is -4.28. The molecule has 2 N–H and O–H groups in total. The van der Waals surface area contributed by atoms with Crippen LogP contribution in [0.2, 0.25) is 0 Å². The van der Waals surface area contributed by atoms with E-state index >= 15 is 0 Å². The second kappa shape index (κ2) is 7.64. The van der Waals surface area contributed by atoms with Crippen molar-refractivity contribution in [2.45, 2.75) is 18.8 Å². The van der Waals surface area contributed by atoms with Crippen LogP contribution in [0.5, 0.6) is 0 Å². The number of amides is 1. The maximum absolute atomic E-state index is 12.8. The predicted octanol–water partition coefficient (Wildman–Crippen LogP) is 2.05. The van der Waals surface area contributed by atoms with E-state index in [0.717, 1.165) is 0 Å². The Morgan fingerprint density at radius 1 is 1.33 bits per heavy atom. The highest BCUT2D eigenvalue weighted by molar-refractivity contribution is 5.96. The molecule has 0 saturated carbocycles. The SMILES string of the molecule is O=C(NCC(F)(F)C(F)F)c1ccccc1C#CCCO. The Hall–Kier alpha value is -2.07. The first-order chi connectivity index (χ1) is 9.88. The molecule has 0 aliphatic carbocycles. The van der Waals surface area contributed by atoms with Crippen molar-refractivity contribution in [2.24, 2.45) is 0 Å². The summed E-state index contributed by atoms with van der Waals surface area (Å²) in [6.45, 7) is -1.61. The molecular weight excluding hydrogens is 290 g/mol. The molecule has 0 fully saturated rings. The smallest absolute Gasteiger partial charge is 0.324 e. The van der Waals surface area contributed by atoms with Crippen molar-refractivity contribution in [2.75, 3.05) is 13.2 Å². The summed E-state index contributed by atoms with van der Waals surface area (Å²) in [6, 6.07) is 5.92. The summed E-state index contributed by atoms with van der Waals surface area (Å²) in [6.07, 6.45) is -3.66. The molecule has 1 rings (SSSR count). The van der Waals surface area contributed by atoms with Gasteiger partial charge in [-0.15, -0.1) is 0 Å². The highest BCUT2D eigenvalue weighted by Gasteiger charge is 2.40. The van der Waals surface area contributed by atoms with Crippen LogP contribution in [0.3, 0.4) is 0 Å². The molecule has 3 nitrogen and oxygen atoms in total. The summed E-state index contributed by atoms with van der Waals surface area (Å²) in [7, 11) is 0. The van der Waals surface area contributed by atoms with E-state index in [2.05, 4.69) is 11.8 Å². The molecule has 21 heavy (non-hydrogen) atoms. The lowest BCUT2D eigenvalue weighted by atomic mass is 10.1. The zero-order valence-corrected chi connectivity index (χ0v) is 10.9. The largest absolute Gasteiger partial charge is 0.395 e. The summed E-state index contributed by atoms with van der Waals surface area (Å²) < 4.78 is 49.5. The Morgan fingerprint density at radius 2 is 2.00 bits per heavy atom. The quantitative estimate of drug-likeness (QED) is 0.646. The third-order valence-electron chi connectivity index (χ3n) is 2.44. The zero-order chi connectivity index (χ0) is 15.9. The number of halogens is 4. The first-order valence-corrected chi connectivity index (χ1v) is 6.01. The molecule has 0 aliphatic rings. The van der Waals surface area contributed by atoms with E-state index in [4.69, 9.17) is 5.11 Å². The molecule has 0 radical (unpaired) electrons. The van der Waals surface area contributed by atoms with Gasteiger partial charge >= 0.3 is 12.3 Å². The van der Waals surface area contributed by atoms with Gasteiger partial charge in [-0.05, 0) is 12.1 Å². The summed E-state index contributed by atoms with van der Waals surface area (Å²) in [5.41, 5.74) is 0.275. The highest BCUT2D eigenvalue weighted by Crippen LogP contribution is 2.21. The fraction of sp³-hybridized carbons (Fsp3) is 0.357. The van der Waals surface area contributed by atoms with Crippen LogP contribution >= 0.6 is 0 Å². The van der Waals surface area contributed by atoms with Crippen molar-refractivity contribution < 1.29 is 27.5 Å². The van der Waals surface area contributed by atoms with E-state index in [1.54, 1.807) is 11.4 Å². The third-order valence-corrected chi connectivity index (χ3v) is 2.44. The number of nitrogens with one attached hydrogen (secondary N) is 1. The molecule has 0 heterocycles. The number of hydrogen-bond donors (Lipinski definition) is 2. The Morgan fingerprint density at radius 3 is 2.62 bits per heavy atom. The van der Waals surface area contributed by atoms with Crippen molar-refractivity contribution in [1.82, 2.24) is 5.32 Å². The number of carbonyl (C=O) groups is 1. The van der Waals surface area contributed by atoms with E-state index in [1.165, 1.54) is 18.2 Å². The van der Waals surface area contributed by atoms with E-state index in [0.29, 0.717) is 0 Å². The van der Waals surface area contributed by atoms with Crippen LogP contribution in [0.15, 0.2) is 24.3 Å². The first-order valence-electron chi connectivity index (χ1n) is 6.01. The Labute approximate surface area is 119 Å². The monoisotopic (exact) mass is 303 g/mol. The van der Waals surface area contributed by atoms with Crippen LogP contribution in [0.4, 0.5) is 17.6 Å². The molecule has 1 amide bonds. The molecule has 0 saturated heterocycles. The number of carbonyl (C=O) groups excluding carboxylic acids is 1. The molecule has 0 spiro atoms. The molecule has 1 aromatic carbocycles. The third kappa shape index (κ3) is 5.08. The molecule has 0 aromatic heterocycles. The van der Waals surface area contributed by atoms with Crippen molar-refractivity contribution >= 4 is 5.91 Å². The lowest BCUT2D eigenvalue weighted by Crippen LogP contribution is -2.41. The van der Waals surface area contributed by atoms with Gasteiger partial charge in [0.2, 0.25) is 0 Å². The van der Waals surface area contributed by atoms with E-state index in [9.17, 15) is 22.4 Å². The fourth-order valence-corrected chi connectivity index (χ4v) is 1.37. The van der Waals surface area contributed by atoms with Gasteiger partial charge in [0.25, 0.3) is 5.91 Å². The second-order valence-electron chi connectivity index (χ2n) is 4.07. The summed E-state index contributed by atoms with van der Waals surface area (Å²) in [5.74, 6) is 0.000256. The van der Waals surface area contributed by atoms with Crippen molar-refractivity contribution in [3.05, 3.63) is 35.4 Å². The summed E-state index contributed by atoms with van der Waals surface area (Å²) >= 11 is 0. The van der Waals surface area contributed by atoms with E-state index in [1.807, 2.05) is 0 Å². The highest BCUT2D eigenvalue weighted by atomic mass is 19.3. The molecular formula is C14H13F4NO2.